The Bertz CT molecular complexity index is 527. The van der Waals surface area contributed by atoms with Crippen LogP contribution in [0.25, 0.3) is 0 Å². The maximum absolute atomic E-state index is 12.3. The smallest absolute Gasteiger partial charge is 0.241 e. The van der Waals surface area contributed by atoms with Crippen LogP contribution in [0, 0.1) is 13.8 Å². The summed E-state index contributed by atoms with van der Waals surface area (Å²) >= 11 is 1.61. The zero-order chi connectivity index (χ0) is 13.9. The van der Waals surface area contributed by atoms with E-state index >= 15 is 0 Å². The lowest BCUT2D eigenvalue weighted by Crippen LogP contribution is -2.35. The summed E-state index contributed by atoms with van der Waals surface area (Å²) in [7, 11) is -3.51. The van der Waals surface area contributed by atoms with Crippen LogP contribution in [-0.4, -0.2) is 26.5 Å². The second-order valence-electron chi connectivity index (χ2n) is 4.40. The molecule has 0 spiro atoms. The van der Waals surface area contributed by atoms with Crippen molar-refractivity contribution in [2.45, 2.75) is 31.7 Å². The standard InChI is InChI=1S/C12H20N2O2S2/c1-8-5-6-11(13)10(3)12(8)18(15,16)14-9(2)7-17-4/h5-6,9,14H,7,13H2,1-4H3. The number of nitrogens with one attached hydrogen (secondary N) is 1. The Kier molecular flexibility index (Phi) is 5.07. The zero-order valence-electron chi connectivity index (χ0n) is 11.1. The van der Waals surface area contributed by atoms with Gasteiger partial charge in [0.25, 0.3) is 0 Å². The molecule has 0 saturated carbocycles. The van der Waals surface area contributed by atoms with Crippen molar-refractivity contribution in [2.75, 3.05) is 17.7 Å². The van der Waals surface area contributed by atoms with Gasteiger partial charge in [-0.1, -0.05) is 6.07 Å². The van der Waals surface area contributed by atoms with Crippen LogP contribution < -0.4 is 10.5 Å². The van der Waals surface area contributed by atoms with E-state index < -0.39 is 10.0 Å². The molecule has 102 valence electrons. The van der Waals surface area contributed by atoms with Crippen molar-refractivity contribution < 1.29 is 8.42 Å². The molecule has 18 heavy (non-hydrogen) atoms. The molecule has 0 bridgehead atoms. The highest BCUT2D eigenvalue weighted by atomic mass is 32.2. The number of anilines is 1. The summed E-state index contributed by atoms with van der Waals surface area (Å²) in [4.78, 5) is 0.301. The molecule has 0 aromatic heterocycles. The van der Waals surface area contributed by atoms with Crippen LogP contribution in [0.4, 0.5) is 5.69 Å². The summed E-state index contributed by atoms with van der Waals surface area (Å²) in [6.07, 6.45) is 1.95. The van der Waals surface area contributed by atoms with Crippen molar-refractivity contribution in [3.8, 4) is 0 Å². The third-order valence-electron chi connectivity index (χ3n) is 2.69. The van der Waals surface area contributed by atoms with Gasteiger partial charge in [0.2, 0.25) is 10.0 Å². The van der Waals surface area contributed by atoms with Gasteiger partial charge in [0.1, 0.15) is 0 Å². The Morgan fingerprint density at radius 1 is 1.39 bits per heavy atom. The number of nitrogen functional groups attached to an aromatic ring is 1. The maximum atomic E-state index is 12.3. The van der Waals surface area contributed by atoms with Gasteiger partial charge in [-0.15, -0.1) is 0 Å². The Morgan fingerprint density at radius 3 is 2.56 bits per heavy atom. The highest BCUT2D eigenvalue weighted by Crippen LogP contribution is 2.24. The molecule has 1 rings (SSSR count). The molecule has 1 unspecified atom stereocenters. The normalized spacial score (nSPS) is 13.6. The molecular weight excluding hydrogens is 268 g/mol. The van der Waals surface area contributed by atoms with Crippen LogP contribution in [-0.2, 0) is 10.0 Å². The first-order valence-electron chi connectivity index (χ1n) is 5.66. The zero-order valence-corrected chi connectivity index (χ0v) is 12.8. The lowest BCUT2D eigenvalue weighted by Gasteiger charge is -2.17. The van der Waals surface area contributed by atoms with Gasteiger partial charge in [-0.25, -0.2) is 13.1 Å². The Hall–Kier alpha value is -0.720. The van der Waals surface area contributed by atoms with E-state index in [0.29, 0.717) is 21.7 Å². The van der Waals surface area contributed by atoms with Gasteiger partial charge in [-0.05, 0) is 44.2 Å². The molecule has 0 aliphatic carbocycles. The second kappa shape index (κ2) is 5.95. The predicted octanol–water partition coefficient (Wildman–Crippen LogP) is 1.92. The monoisotopic (exact) mass is 288 g/mol. The highest BCUT2D eigenvalue weighted by molar-refractivity contribution is 7.98. The molecule has 6 heteroatoms. The number of rotatable bonds is 5. The average molecular weight is 288 g/mol. The first-order chi connectivity index (χ1) is 8.29. The minimum absolute atomic E-state index is 0.106. The lowest BCUT2D eigenvalue weighted by molar-refractivity contribution is 0.570. The summed E-state index contributed by atoms with van der Waals surface area (Å²) in [5, 5.41) is 0. The van der Waals surface area contributed by atoms with E-state index in [0.717, 1.165) is 5.75 Å². The molecule has 0 amide bonds. The Morgan fingerprint density at radius 2 is 2.00 bits per heavy atom. The third kappa shape index (κ3) is 3.40. The minimum Gasteiger partial charge on any atom is -0.398 e. The molecule has 1 aromatic carbocycles. The second-order valence-corrected chi connectivity index (χ2v) is 6.96. The first kappa shape index (κ1) is 15.3. The quantitative estimate of drug-likeness (QED) is 0.812. The number of aryl methyl sites for hydroxylation is 1. The summed E-state index contributed by atoms with van der Waals surface area (Å²) in [5.74, 6) is 0.736. The Balaban J connectivity index is 3.17. The molecule has 0 aliphatic rings. The number of benzene rings is 1. The van der Waals surface area contributed by atoms with E-state index in [9.17, 15) is 8.42 Å². The third-order valence-corrected chi connectivity index (χ3v) is 5.40. The number of hydrogen-bond acceptors (Lipinski definition) is 4. The van der Waals surface area contributed by atoms with Gasteiger partial charge >= 0.3 is 0 Å². The summed E-state index contributed by atoms with van der Waals surface area (Å²) in [6, 6.07) is 3.36. The summed E-state index contributed by atoms with van der Waals surface area (Å²) in [5.41, 5.74) is 7.60. The van der Waals surface area contributed by atoms with Crippen LogP contribution >= 0.6 is 11.8 Å². The van der Waals surface area contributed by atoms with E-state index in [4.69, 9.17) is 5.73 Å². The Labute approximate surface area is 113 Å². The number of nitrogens with two attached hydrogens (primary N) is 1. The molecule has 0 radical (unpaired) electrons. The molecule has 4 nitrogen and oxygen atoms in total. The maximum Gasteiger partial charge on any atom is 0.241 e. The first-order valence-corrected chi connectivity index (χ1v) is 8.54. The molecule has 0 heterocycles. The van der Waals surface area contributed by atoms with Crippen molar-refractivity contribution >= 4 is 27.5 Å². The highest BCUT2D eigenvalue weighted by Gasteiger charge is 2.22. The van der Waals surface area contributed by atoms with E-state index in [1.807, 2.05) is 13.2 Å². The van der Waals surface area contributed by atoms with Crippen LogP contribution in [0.5, 0.6) is 0 Å². The number of thioether (sulfide) groups is 1. The predicted molar refractivity (Wildman–Crippen MR) is 78.5 cm³/mol. The fraction of sp³-hybridized carbons (Fsp3) is 0.500. The van der Waals surface area contributed by atoms with Crippen LogP contribution in [0.2, 0.25) is 0 Å². The summed E-state index contributed by atoms with van der Waals surface area (Å²) < 4.78 is 27.3. The van der Waals surface area contributed by atoms with Crippen molar-refractivity contribution in [3.63, 3.8) is 0 Å². The van der Waals surface area contributed by atoms with E-state index in [1.165, 1.54) is 0 Å². The average Bonchev–Trinajstić information content (AvgIpc) is 2.23. The molecule has 0 saturated heterocycles. The molecule has 0 aliphatic heterocycles. The van der Waals surface area contributed by atoms with Gasteiger partial charge < -0.3 is 5.73 Å². The molecular formula is C12H20N2O2S2. The van der Waals surface area contributed by atoms with E-state index in [1.54, 1.807) is 37.7 Å². The number of sulfonamides is 1. The summed E-state index contributed by atoms with van der Waals surface area (Å²) in [6.45, 7) is 5.36. The largest absolute Gasteiger partial charge is 0.398 e. The van der Waals surface area contributed by atoms with Gasteiger partial charge in [0.15, 0.2) is 0 Å². The van der Waals surface area contributed by atoms with Gasteiger partial charge in [0.05, 0.1) is 4.90 Å². The van der Waals surface area contributed by atoms with Crippen molar-refractivity contribution in [2.24, 2.45) is 0 Å². The SMILES string of the molecule is CSCC(C)NS(=O)(=O)c1c(C)ccc(N)c1C. The van der Waals surface area contributed by atoms with Crippen molar-refractivity contribution in [1.29, 1.82) is 0 Å². The fourth-order valence-corrected chi connectivity index (χ4v) is 4.30. The topological polar surface area (TPSA) is 72.2 Å². The molecule has 0 fully saturated rings. The van der Waals surface area contributed by atoms with Gasteiger partial charge in [0, 0.05) is 17.5 Å². The van der Waals surface area contributed by atoms with E-state index in [-0.39, 0.29) is 6.04 Å². The van der Waals surface area contributed by atoms with Crippen molar-refractivity contribution in [3.05, 3.63) is 23.3 Å². The van der Waals surface area contributed by atoms with Gasteiger partial charge in [-0.3, -0.25) is 0 Å². The van der Waals surface area contributed by atoms with Crippen molar-refractivity contribution in [1.82, 2.24) is 4.72 Å². The molecule has 1 atom stereocenters. The molecule has 3 N–H and O–H groups in total. The van der Waals surface area contributed by atoms with Crippen LogP contribution in [0.1, 0.15) is 18.1 Å². The van der Waals surface area contributed by atoms with Crippen LogP contribution in [0.3, 0.4) is 0 Å². The van der Waals surface area contributed by atoms with Crippen LogP contribution in [0.15, 0.2) is 17.0 Å². The fourth-order valence-electron chi connectivity index (χ4n) is 1.86. The van der Waals surface area contributed by atoms with E-state index in [2.05, 4.69) is 4.72 Å². The molecule has 1 aromatic rings. The number of hydrogen-bond donors (Lipinski definition) is 2. The lowest BCUT2D eigenvalue weighted by atomic mass is 10.1. The van der Waals surface area contributed by atoms with Gasteiger partial charge in [-0.2, -0.15) is 11.8 Å². The minimum atomic E-state index is -3.51.